The Labute approximate surface area is 141 Å². The van der Waals surface area contributed by atoms with E-state index in [1.165, 1.54) is 7.11 Å². The monoisotopic (exact) mass is 390 g/mol. The first kappa shape index (κ1) is 16.4. The Morgan fingerprint density at radius 3 is 2.24 bits per heavy atom. The number of ether oxygens (including phenoxy) is 2. The predicted molar refractivity (Wildman–Crippen MR) is 87.8 cm³/mol. The van der Waals surface area contributed by atoms with Crippen molar-refractivity contribution in [1.82, 2.24) is 0 Å². The second-order valence-electron chi connectivity index (χ2n) is 4.30. The van der Waals surface area contributed by atoms with Gasteiger partial charge < -0.3 is 14.6 Å². The molecule has 2 aromatic rings. The average molecular weight is 392 g/mol. The fourth-order valence-corrected chi connectivity index (χ4v) is 2.98. The molecule has 0 saturated carbocycles. The molecule has 1 N–H and O–H groups in total. The van der Waals surface area contributed by atoms with Gasteiger partial charge in [-0.05, 0) is 40.2 Å². The minimum Gasteiger partial charge on any atom is -0.496 e. The van der Waals surface area contributed by atoms with Crippen molar-refractivity contribution in [2.45, 2.75) is 6.10 Å². The highest BCUT2D eigenvalue weighted by Gasteiger charge is 2.20. The van der Waals surface area contributed by atoms with E-state index in [0.29, 0.717) is 32.7 Å². The number of aliphatic hydroxyl groups is 1. The molecule has 3 nitrogen and oxygen atoms in total. The van der Waals surface area contributed by atoms with E-state index in [2.05, 4.69) is 15.9 Å². The minimum atomic E-state index is -0.952. The van der Waals surface area contributed by atoms with Crippen molar-refractivity contribution >= 4 is 39.1 Å². The number of methoxy groups -OCH3 is 2. The molecular formula is C15H13BrCl2O3. The molecule has 0 amide bonds. The highest BCUT2D eigenvalue weighted by molar-refractivity contribution is 9.10. The zero-order valence-corrected chi connectivity index (χ0v) is 14.5. The number of hydrogen-bond donors (Lipinski definition) is 1. The topological polar surface area (TPSA) is 38.7 Å². The van der Waals surface area contributed by atoms with Crippen molar-refractivity contribution in [2.24, 2.45) is 0 Å². The lowest BCUT2D eigenvalue weighted by atomic mass is 10.00. The van der Waals surface area contributed by atoms with Gasteiger partial charge in [-0.15, -0.1) is 0 Å². The molecule has 0 saturated heterocycles. The van der Waals surface area contributed by atoms with Crippen molar-refractivity contribution in [3.05, 3.63) is 56.0 Å². The second-order valence-corrected chi connectivity index (χ2v) is 6.00. The molecule has 1 unspecified atom stereocenters. The van der Waals surface area contributed by atoms with E-state index < -0.39 is 6.10 Å². The van der Waals surface area contributed by atoms with Crippen LogP contribution in [0.3, 0.4) is 0 Å². The van der Waals surface area contributed by atoms with Gasteiger partial charge in [0.2, 0.25) is 0 Å². The van der Waals surface area contributed by atoms with E-state index in [0.717, 1.165) is 4.47 Å². The number of rotatable bonds is 4. The third kappa shape index (κ3) is 3.46. The summed E-state index contributed by atoms with van der Waals surface area (Å²) in [4.78, 5) is 0. The number of hydrogen-bond acceptors (Lipinski definition) is 3. The Morgan fingerprint density at radius 1 is 1.00 bits per heavy atom. The molecule has 1 atom stereocenters. The summed E-state index contributed by atoms with van der Waals surface area (Å²) in [7, 11) is 3.09. The van der Waals surface area contributed by atoms with Crippen LogP contribution < -0.4 is 9.47 Å². The Kier molecular flexibility index (Phi) is 5.38. The largest absolute Gasteiger partial charge is 0.496 e. The van der Waals surface area contributed by atoms with E-state index >= 15 is 0 Å². The molecule has 0 heterocycles. The van der Waals surface area contributed by atoms with Crippen molar-refractivity contribution in [2.75, 3.05) is 14.2 Å². The third-order valence-corrected chi connectivity index (χ3v) is 4.24. The first-order valence-electron chi connectivity index (χ1n) is 6.02. The molecular weight excluding hydrogens is 379 g/mol. The lowest BCUT2D eigenvalue weighted by molar-refractivity contribution is 0.214. The average Bonchev–Trinajstić information content (AvgIpc) is 2.46. The molecule has 6 heteroatoms. The molecule has 0 fully saturated rings. The smallest absolute Gasteiger partial charge is 0.133 e. The van der Waals surface area contributed by atoms with E-state index in [1.807, 2.05) is 0 Å². The van der Waals surface area contributed by atoms with Gasteiger partial charge in [-0.1, -0.05) is 29.3 Å². The van der Waals surface area contributed by atoms with Crippen LogP contribution >= 0.6 is 39.1 Å². The van der Waals surface area contributed by atoms with E-state index in [-0.39, 0.29) is 0 Å². The Morgan fingerprint density at radius 2 is 1.67 bits per heavy atom. The summed E-state index contributed by atoms with van der Waals surface area (Å²) in [6.07, 6.45) is -0.952. The first-order chi connectivity index (χ1) is 9.97. The van der Waals surface area contributed by atoms with Crippen LogP contribution in [0.15, 0.2) is 34.8 Å². The molecule has 0 aliphatic carbocycles. The van der Waals surface area contributed by atoms with Gasteiger partial charge in [0.25, 0.3) is 0 Å². The molecule has 0 aliphatic heterocycles. The maximum atomic E-state index is 10.6. The molecule has 2 aromatic carbocycles. The summed E-state index contributed by atoms with van der Waals surface area (Å²) in [5.41, 5.74) is 1.10. The summed E-state index contributed by atoms with van der Waals surface area (Å²) >= 11 is 15.4. The molecule has 0 aromatic heterocycles. The first-order valence-corrected chi connectivity index (χ1v) is 7.57. The molecule has 2 rings (SSSR count). The van der Waals surface area contributed by atoms with Gasteiger partial charge in [-0.3, -0.25) is 0 Å². The summed E-state index contributed by atoms with van der Waals surface area (Å²) in [5.74, 6) is 1.12. The van der Waals surface area contributed by atoms with Gasteiger partial charge in [0, 0.05) is 21.2 Å². The van der Waals surface area contributed by atoms with Crippen LogP contribution in [0.1, 0.15) is 17.2 Å². The molecule has 0 aliphatic rings. The summed E-state index contributed by atoms with van der Waals surface area (Å²) < 4.78 is 11.3. The van der Waals surface area contributed by atoms with Gasteiger partial charge in [0.15, 0.2) is 0 Å². The highest BCUT2D eigenvalue weighted by Crippen LogP contribution is 2.39. The summed E-state index contributed by atoms with van der Waals surface area (Å²) in [6, 6.07) is 8.39. The number of halogens is 3. The SMILES string of the molecule is COc1cc(C(O)c2ccc(Cl)cc2Cl)c(OC)cc1Br. The summed E-state index contributed by atoms with van der Waals surface area (Å²) in [5, 5.41) is 11.5. The van der Waals surface area contributed by atoms with Crippen LogP contribution in [0, 0.1) is 0 Å². The van der Waals surface area contributed by atoms with Gasteiger partial charge >= 0.3 is 0 Å². The van der Waals surface area contributed by atoms with Crippen LogP contribution in [-0.2, 0) is 0 Å². The lowest BCUT2D eigenvalue weighted by Crippen LogP contribution is -2.04. The highest BCUT2D eigenvalue weighted by atomic mass is 79.9. The van der Waals surface area contributed by atoms with E-state index in [1.54, 1.807) is 37.4 Å². The number of aliphatic hydroxyl groups excluding tert-OH is 1. The molecule has 21 heavy (non-hydrogen) atoms. The predicted octanol–water partition coefficient (Wildman–Crippen LogP) is 4.85. The normalized spacial score (nSPS) is 12.1. The van der Waals surface area contributed by atoms with Crippen LogP contribution in [0.25, 0.3) is 0 Å². The van der Waals surface area contributed by atoms with Gasteiger partial charge in [-0.2, -0.15) is 0 Å². The molecule has 0 radical (unpaired) electrons. The van der Waals surface area contributed by atoms with Crippen LogP contribution in [0.4, 0.5) is 0 Å². The Hall–Kier alpha value is -0.940. The van der Waals surface area contributed by atoms with Gasteiger partial charge in [0.05, 0.1) is 18.7 Å². The van der Waals surface area contributed by atoms with Crippen LogP contribution in [0.5, 0.6) is 11.5 Å². The van der Waals surface area contributed by atoms with Crippen molar-refractivity contribution in [3.63, 3.8) is 0 Å². The van der Waals surface area contributed by atoms with Crippen LogP contribution in [-0.4, -0.2) is 19.3 Å². The Bertz CT molecular complexity index is 662. The quantitative estimate of drug-likeness (QED) is 0.809. The van der Waals surface area contributed by atoms with E-state index in [9.17, 15) is 5.11 Å². The van der Waals surface area contributed by atoms with Gasteiger partial charge in [0.1, 0.15) is 17.6 Å². The van der Waals surface area contributed by atoms with Crippen molar-refractivity contribution in [3.8, 4) is 11.5 Å². The lowest BCUT2D eigenvalue weighted by Gasteiger charge is -2.18. The van der Waals surface area contributed by atoms with Crippen LogP contribution in [0.2, 0.25) is 10.0 Å². The third-order valence-electron chi connectivity index (χ3n) is 3.06. The molecule has 112 valence electrons. The van der Waals surface area contributed by atoms with Gasteiger partial charge in [-0.25, -0.2) is 0 Å². The zero-order chi connectivity index (χ0) is 15.6. The second kappa shape index (κ2) is 6.88. The number of benzene rings is 2. The fraction of sp³-hybridized carbons (Fsp3) is 0.200. The standard InChI is InChI=1S/C15H13BrCl2O3/c1-20-13-7-11(16)14(21-2)6-10(13)15(19)9-4-3-8(17)5-12(9)18/h3-7,15,19H,1-2H3. The minimum absolute atomic E-state index is 0.388. The van der Waals surface area contributed by atoms with Crippen molar-refractivity contribution in [1.29, 1.82) is 0 Å². The van der Waals surface area contributed by atoms with E-state index in [4.69, 9.17) is 32.7 Å². The summed E-state index contributed by atoms with van der Waals surface area (Å²) in [6.45, 7) is 0. The molecule has 0 spiro atoms. The molecule has 0 bridgehead atoms. The maximum Gasteiger partial charge on any atom is 0.133 e. The fourth-order valence-electron chi connectivity index (χ4n) is 1.99. The maximum absolute atomic E-state index is 10.6. The van der Waals surface area contributed by atoms with Crippen molar-refractivity contribution < 1.29 is 14.6 Å². The Balaban J connectivity index is 2.53. The zero-order valence-electron chi connectivity index (χ0n) is 11.4.